The van der Waals surface area contributed by atoms with E-state index in [0.717, 1.165) is 31.1 Å². The molecule has 0 aromatic heterocycles. The molecule has 3 nitrogen and oxygen atoms in total. The van der Waals surface area contributed by atoms with Crippen LogP contribution in [0.4, 0.5) is 0 Å². The van der Waals surface area contributed by atoms with Crippen LogP contribution in [0.2, 0.25) is 0 Å². The van der Waals surface area contributed by atoms with E-state index in [-0.39, 0.29) is 21.8 Å². The lowest BCUT2D eigenvalue weighted by Crippen LogP contribution is -2.59. The van der Waals surface area contributed by atoms with Crippen LogP contribution in [-0.4, -0.2) is 30.7 Å². The highest BCUT2D eigenvalue weighted by Crippen LogP contribution is 2.75. The predicted octanol–water partition coefficient (Wildman–Crippen LogP) is 7.21. The second-order valence-corrected chi connectivity index (χ2v) is 15.7. The Hall–Kier alpha value is -0.410. The van der Waals surface area contributed by atoms with Crippen molar-refractivity contribution in [1.29, 1.82) is 0 Å². The van der Waals surface area contributed by atoms with E-state index in [1.165, 1.54) is 44.9 Å². The van der Waals surface area contributed by atoms with Gasteiger partial charge < -0.3 is 9.47 Å². The molecule has 5 saturated carbocycles. The van der Waals surface area contributed by atoms with Crippen molar-refractivity contribution in [3.8, 4) is 0 Å². The summed E-state index contributed by atoms with van der Waals surface area (Å²) in [5.41, 5.74) is 1.13. The lowest BCUT2D eigenvalue weighted by molar-refractivity contribution is -0.180. The molecule has 3 heteroatoms. The Balaban J connectivity index is 1.37. The minimum Gasteiger partial charge on any atom is -0.381 e. The number of ether oxygens (including phenoxy) is 2. The molecule has 34 heavy (non-hydrogen) atoms. The van der Waals surface area contributed by atoms with E-state index in [1.807, 2.05) is 7.11 Å². The highest BCUT2D eigenvalue weighted by Gasteiger charge is 2.76. The number of carbonyl (C=O) groups excluding carboxylic acids is 1. The third-order valence-electron chi connectivity index (χ3n) is 13.8. The molecule has 10 atom stereocenters. The van der Waals surface area contributed by atoms with E-state index in [1.54, 1.807) is 0 Å². The summed E-state index contributed by atoms with van der Waals surface area (Å²) in [4.78, 5) is 13.0. The third kappa shape index (κ3) is 2.75. The number of fused-ring (bicyclic) bond motifs is 5. The molecule has 0 unspecified atom stereocenters. The van der Waals surface area contributed by atoms with Gasteiger partial charge in [0.2, 0.25) is 0 Å². The second kappa shape index (κ2) is 6.91. The Morgan fingerprint density at radius 1 is 0.794 bits per heavy atom. The molecule has 0 radical (unpaired) electrons. The highest BCUT2D eigenvalue weighted by molar-refractivity contribution is 5.85. The quantitative estimate of drug-likeness (QED) is 0.380. The van der Waals surface area contributed by atoms with Crippen molar-refractivity contribution in [1.82, 2.24) is 0 Å². The molecule has 0 bridgehead atoms. The first-order valence-electron chi connectivity index (χ1n) is 14.5. The van der Waals surface area contributed by atoms with Crippen molar-refractivity contribution in [2.24, 2.45) is 50.7 Å². The fourth-order valence-corrected chi connectivity index (χ4v) is 12.2. The number of hydrogen-bond acceptors (Lipinski definition) is 3. The molecule has 0 amide bonds. The summed E-state index contributed by atoms with van der Waals surface area (Å²) in [6.07, 6.45) is 12.8. The van der Waals surface area contributed by atoms with E-state index in [2.05, 4.69) is 48.5 Å². The van der Waals surface area contributed by atoms with Crippen molar-refractivity contribution < 1.29 is 14.3 Å². The largest absolute Gasteiger partial charge is 0.381 e. The van der Waals surface area contributed by atoms with Crippen LogP contribution in [0.25, 0.3) is 0 Å². The van der Waals surface area contributed by atoms with Gasteiger partial charge in [0.15, 0.2) is 0 Å². The fourth-order valence-electron chi connectivity index (χ4n) is 12.2. The number of epoxide rings is 1. The summed E-state index contributed by atoms with van der Waals surface area (Å²) in [6.45, 7) is 17.3. The number of ketones is 1. The number of rotatable bonds is 1. The number of Topliss-reactive ketones (excluding diaryl/α,β-unsaturated/α-hetero) is 1. The molecule has 5 aliphatic carbocycles. The Morgan fingerprint density at radius 2 is 1.47 bits per heavy atom. The topological polar surface area (TPSA) is 38.8 Å². The lowest BCUT2D eigenvalue weighted by atomic mass is 9.41. The molecule has 0 aromatic rings. The third-order valence-corrected chi connectivity index (χ3v) is 13.8. The lowest BCUT2D eigenvalue weighted by Gasteiger charge is -2.64. The molecule has 192 valence electrons. The monoisotopic (exact) mass is 470 g/mol. The zero-order valence-corrected chi connectivity index (χ0v) is 23.3. The van der Waals surface area contributed by atoms with Gasteiger partial charge in [-0.3, -0.25) is 4.79 Å². The van der Waals surface area contributed by atoms with Gasteiger partial charge in [0.05, 0.1) is 17.8 Å². The van der Waals surface area contributed by atoms with Gasteiger partial charge in [-0.25, -0.2) is 0 Å². The van der Waals surface area contributed by atoms with Gasteiger partial charge in [-0.2, -0.15) is 0 Å². The molecule has 1 saturated heterocycles. The first-order valence-corrected chi connectivity index (χ1v) is 14.5. The van der Waals surface area contributed by atoms with Crippen LogP contribution >= 0.6 is 0 Å². The molecule has 1 spiro atoms. The maximum atomic E-state index is 13.0. The maximum absolute atomic E-state index is 13.0. The fraction of sp³-hybridized carbons (Fsp3) is 0.968. The summed E-state index contributed by atoms with van der Waals surface area (Å²) >= 11 is 0. The van der Waals surface area contributed by atoms with Crippen LogP contribution < -0.4 is 0 Å². The van der Waals surface area contributed by atoms with Crippen LogP contribution in [0.3, 0.4) is 0 Å². The molecule has 1 aliphatic heterocycles. The van der Waals surface area contributed by atoms with Crippen LogP contribution in [0.15, 0.2) is 0 Å². The van der Waals surface area contributed by atoms with Gasteiger partial charge in [-0.1, -0.05) is 48.5 Å². The van der Waals surface area contributed by atoms with Crippen molar-refractivity contribution in [2.45, 2.75) is 130 Å². The van der Waals surface area contributed by atoms with Gasteiger partial charge in [0.1, 0.15) is 5.78 Å². The first kappa shape index (κ1) is 24.0. The van der Waals surface area contributed by atoms with E-state index in [0.29, 0.717) is 40.7 Å². The summed E-state index contributed by atoms with van der Waals surface area (Å²) in [5, 5.41) is 0. The average Bonchev–Trinajstić information content (AvgIpc) is 3.46. The summed E-state index contributed by atoms with van der Waals surface area (Å²) < 4.78 is 12.9. The van der Waals surface area contributed by atoms with E-state index in [4.69, 9.17) is 9.47 Å². The number of methoxy groups -OCH3 is 1. The van der Waals surface area contributed by atoms with Crippen molar-refractivity contribution in [3.63, 3.8) is 0 Å². The molecule has 6 fully saturated rings. The van der Waals surface area contributed by atoms with Crippen molar-refractivity contribution in [2.75, 3.05) is 7.11 Å². The van der Waals surface area contributed by atoms with Gasteiger partial charge in [-0.05, 0) is 103 Å². The Labute approximate surface area is 208 Å². The standard InChI is InChI=1S/C31H50O3/c1-26(2)22-17-25-31(34-25)18-28(5)14-11-19-27(3,4)24(33-8)13-16-29(19,6)20(28)9-10-21(31)30(22,7)15-12-23(26)32/h19-22,24-25H,9-18H2,1-8H3/t19-,20-,21+,22-,24-,25+,28-,29-,30+,31-/m0/s1. The van der Waals surface area contributed by atoms with Crippen LogP contribution in [-0.2, 0) is 14.3 Å². The molecule has 0 N–H and O–H groups in total. The van der Waals surface area contributed by atoms with Crippen molar-refractivity contribution >= 4 is 5.78 Å². The second-order valence-electron chi connectivity index (χ2n) is 15.7. The van der Waals surface area contributed by atoms with E-state index in [9.17, 15) is 4.79 Å². The average molecular weight is 471 g/mol. The molecular weight excluding hydrogens is 420 g/mol. The highest BCUT2D eigenvalue weighted by atomic mass is 16.6. The molecule has 1 heterocycles. The van der Waals surface area contributed by atoms with Crippen LogP contribution in [0.1, 0.15) is 113 Å². The number of carbonyl (C=O) groups is 1. The Bertz CT molecular complexity index is 891. The summed E-state index contributed by atoms with van der Waals surface area (Å²) in [6, 6.07) is 0. The van der Waals surface area contributed by atoms with Crippen molar-refractivity contribution in [3.05, 3.63) is 0 Å². The zero-order valence-electron chi connectivity index (χ0n) is 23.3. The SMILES string of the molecule is CO[C@H]1CC[C@@]2(C)[C@@H](CC[C@@]3(C)C[C@@]45O[C@@H]4C[C@H]4C(C)(C)C(=O)CC[C@]4(C)[C@H]5CC[C@@H]32)C1(C)C. The predicted molar refractivity (Wildman–Crippen MR) is 135 cm³/mol. The Morgan fingerprint density at radius 3 is 2.18 bits per heavy atom. The first-order chi connectivity index (χ1) is 15.8. The molecule has 6 rings (SSSR count). The Kier molecular flexibility index (Phi) is 4.87. The van der Waals surface area contributed by atoms with Crippen LogP contribution in [0, 0.1) is 50.7 Å². The van der Waals surface area contributed by atoms with Gasteiger partial charge in [-0.15, -0.1) is 0 Å². The maximum Gasteiger partial charge on any atom is 0.138 e. The molecule has 6 aliphatic rings. The zero-order chi connectivity index (χ0) is 24.5. The summed E-state index contributed by atoms with van der Waals surface area (Å²) in [5.74, 6) is 3.08. The minimum absolute atomic E-state index is 0.0909. The summed E-state index contributed by atoms with van der Waals surface area (Å²) in [7, 11) is 1.93. The van der Waals surface area contributed by atoms with Crippen LogP contribution in [0.5, 0.6) is 0 Å². The van der Waals surface area contributed by atoms with E-state index < -0.39 is 0 Å². The van der Waals surface area contributed by atoms with Gasteiger partial charge in [0.25, 0.3) is 0 Å². The number of hydrogen-bond donors (Lipinski definition) is 0. The smallest absolute Gasteiger partial charge is 0.138 e. The minimum atomic E-state index is -0.201. The van der Waals surface area contributed by atoms with E-state index >= 15 is 0 Å². The van der Waals surface area contributed by atoms with Gasteiger partial charge in [0, 0.05) is 18.9 Å². The molecular formula is C31H50O3. The normalized spacial score (nSPS) is 57.2. The van der Waals surface area contributed by atoms with Gasteiger partial charge >= 0.3 is 0 Å². The molecule has 0 aromatic carbocycles.